The lowest BCUT2D eigenvalue weighted by atomic mass is 9.87. The lowest BCUT2D eigenvalue weighted by molar-refractivity contribution is 0.0562. The van der Waals surface area contributed by atoms with Gasteiger partial charge in [0.05, 0.1) is 6.04 Å². The Morgan fingerprint density at radius 1 is 0.943 bits per heavy atom. The van der Waals surface area contributed by atoms with Crippen molar-refractivity contribution in [2.75, 3.05) is 32.7 Å². The van der Waals surface area contributed by atoms with Gasteiger partial charge in [-0.05, 0) is 73.9 Å². The van der Waals surface area contributed by atoms with Crippen molar-refractivity contribution in [1.82, 2.24) is 14.7 Å². The molecule has 0 aliphatic carbocycles. The molecule has 3 aliphatic rings. The predicted molar refractivity (Wildman–Crippen MR) is 141 cm³/mol. The highest BCUT2D eigenvalue weighted by Gasteiger charge is 2.39. The minimum atomic E-state index is 0.0558. The molecule has 2 bridgehead atoms. The summed E-state index contributed by atoms with van der Waals surface area (Å²) in [6, 6.07) is 17.1. The van der Waals surface area contributed by atoms with Crippen LogP contribution in [0.2, 0.25) is 0 Å². The Kier molecular flexibility index (Phi) is 7.54. The van der Waals surface area contributed by atoms with Crippen LogP contribution in [-0.2, 0) is 0 Å². The lowest BCUT2D eigenvalue weighted by Gasteiger charge is -2.46. The van der Waals surface area contributed by atoms with Gasteiger partial charge >= 0.3 is 0 Å². The number of hydrogen-bond acceptors (Lipinski definition) is 4. The molecule has 35 heavy (non-hydrogen) atoms. The Labute approximate surface area is 210 Å². The molecule has 1 amide bonds. The molecule has 5 heteroatoms. The van der Waals surface area contributed by atoms with Crippen LogP contribution in [0.4, 0.5) is 0 Å². The average molecular weight is 474 g/mol. The highest BCUT2D eigenvalue weighted by molar-refractivity contribution is 5.94. The third kappa shape index (κ3) is 5.31. The van der Waals surface area contributed by atoms with Gasteiger partial charge in [0.2, 0.25) is 0 Å². The van der Waals surface area contributed by atoms with Crippen LogP contribution < -0.4 is 0 Å². The molecule has 0 saturated carbocycles. The number of fused-ring (bicyclic) bond motifs is 2. The molecule has 3 aliphatic heterocycles. The third-order valence-electron chi connectivity index (χ3n) is 8.15. The molecule has 0 aromatic heterocycles. The topological polar surface area (TPSA) is 47.0 Å². The van der Waals surface area contributed by atoms with E-state index in [9.17, 15) is 9.90 Å². The number of aromatic hydroxyl groups is 1. The summed E-state index contributed by atoms with van der Waals surface area (Å²) in [4.78, 5) is 20.3. The van der Waals surface area contributed by atoms with Crippen molar-refractivity contribution in [1.29, 1.82) is 0 Å². The predicted octanol–water partition coefficient (Wildman–Crippen LogP) is 5.22. The monoisotopic (exact) mass is 473 g/mol. The number of benzene rings is 2. The Morgan fingerprint density at radius 2 is 1.71 bits per heavy atom. The van der Waals surface area contributed by atoms with E-state index in [4.69, 9.17) is 0 Å². The van der Waals surface area contributed by atoms with Crippen molar-refractivity contribution in [3.63, 3.8) is 0 Å². The van der Waals surface area contributed by atoms with Crippen LogP contribution in [-0.4, -0.2) is 70.5 Å². The fraction of sp³-hybridized carbons (Fsp3) is 0.500. The van der Waals surface area contributed by atoms with Crippen molar-refractivity contribution < 1.29 is 9.90 Å². The van der Waals surface area contributed by atoms with E-state index >= 15 is 0 Å². The van der Waals surface area contributed by atoms with Crippen molar-refractivity contribution in [2.45, 2.75) is 63.1 Å². The van der Waals surface area contributed by atoms with Gasteiger partial charge in [-0.3, -0.25) is 14.6 Å². The number of amides is 1. The second-order valence-corrected chi connectivity index (χ2v) is 10.5. The van der Waals surface area contributed by atoms with Crippen LogP contribution in [0.3, 0.4) is 0 Å². The van der Waals surface area contributed by atoms with E-state index in [0.29, 0.717) is 17.8 Å². The average Bonchev–Trinajstić information content (AvgIpc) is 2.97. The van der Waals surface area contributed by atoms with Crippen LogP contribution in [0, 0.1) is 0 Å². The van der Waals surface area contributed by atoms with Crippen molar-refractivity contribution in [3.05, 3.63) is 77.9 Å². The fourth-order valence-corrected chi connectivity index (χ4v) is 6.47. The van der Waals surface area contributed by atoms with Crippen LogP contribution in [0.1, 0.15) is 72.5 Å². The van der Waals surface area contributed by atoms with E-state index in [2.05, 4.69) is 34.6 Å². The zero-order valence-electron chi connectivity index (χ0n) is 20.8. The van der Waals surface area contributed by atoms with Crippen molar-refractivity contribution in [2.24, 2.45) is 0 Å². The highest BCUT2D eigenvalue weighted by Crippen LogP contribution is 2.40. The number of hydrogen-bond donors (Lipinski definition) is 1. The summed E-state index contributed by atoms with van der Waals surface area (Å²) in [6.07, 6.45) is 10.2. The first kappa shape index (κ1) is 24.1. The summed E-state index contributed by atoms with van der Waals surface area (Å²) in [7, 11) is 0. The number of likely N-dealkylation sites (tertiary alicyclic amines) is 1. The van der Waals surface area contributed by atoms with Gasteiger partial charge in [-0.25, -0.2) is 0 Å². The number of phenolic OH excluding ortho intramolecular Hbond substituents is 1. The fourth-order valence-electron chi connectivity index (χ4n) is 6.47. The molecule has 2 aromatic carbocycles. The van der Waals surface area contributed by atoms with Gasteiger partial charge in [-0.1, -0.05) is 36.8 Å². The van der Waals surface area contributed by atoms with Gasteiger partial charge in [0, 0.05) is 50.4 Å². The lowest BCUT2D eigenvalue weighted by Crippen LogP contribution is -2.50. The maximum absolute atomic E-state index is 13.1. The van der Waals surface area contributed by atoms with E-state index in [1.54, 1.807) is 6.07 Å². The zero-order valence-corrected chi connectivity index (χ0v) is 20.8. The number of carbonyl (C=O) groups excluding carboxylic acids is 1. The van der Waals surface area contributed by atoms with E-state index in [-0.39, 0.29) is 11.9 Å². The Hall–Kier alpha value is -2.63. The third-order valence-corrected chi connectivity index (χ3v) is 8.15. The second kappa shape index (κ2) is 11.0. The molecule has 0 spiro atoms. The summed E-state index contributed by atoms with van der Waals surface area (Å²) in [6.45, 7) is 8.78. The number of rotatable bonds is 6. The summed E-state index contributed by atoms with van der Waals surface area (Å²) < 4.78 is 0. The number of piperidine rings is 2. The van der Waals surface area contributed by atoms with E-state index < -0.39 is 0 Å². The Morgan fingerprint density at radius 3 is 2.46 bits per heavy atom. The smallest absolute Gasteiger partial charge is 0.253 e. The maximum atomic E-state index is 13.1. The first-order chi connectivity index (χ1) is 17.1. The SMILES string of the molecule is C=CCN1CCC2CCCC(C1)N2C(c1ccc(C(=O)N2CCCCC2)cc1)c1cccc(O)c1. The molecule has 3 unspecified atom stereocenters. The summed E-state index contributed by atoms with van der Waals surface area (Å²) in [5.41, 5.74) is 3.09. The molecule has 3 saturated heterocycles. The van der Waals surface area contributed by atoms with Gasteiger partial charge in [0.25, 0.3) is 5.91 Å². The van der Waals surface area contributed by atoms with Crippen LogP contribution in [0.5, 0.6) is 5.75 Å². The molecule has 0 radical (unpaired) electrons. The van der Waals surface area contributed by atoms with E-state index in [0.717, 1.165) is 63.1 Å². The van der Waals surface area contributed by atoms with Gasteiger partial charge < -0.3 is 10.0 Å². The van der Waals surface area contributed by atoms with Gasteiger partial charge in [0.1, 0.15) is 5.75 Å². The summed E-state index contributed by atoms with van der Waals surface area (Å²) in [5.74, 6) is 0.453. The number of nitrogens with zero attached hydrogens (tertiary/aromatic N) is 3. The molecule has 2 aromatic rings. The summed E-state index contributed by atoms with van der Waals surface area (Å²) in [5, 5.41) is 10.4. The quantitative estimate of drug-likeness (QED) is 0.584. The molecule has 3 atom stereocenters. The number of phenols is 1. The van der Waals surface area contributed by atoms with E-state index in [1.165, 1.54) is 31.2 Å². The summed E-state index contributed by atoms with van der Waals surface area (Å²) >= 11 is 0. The zero-order chi connectivity index (χ0) is 24.2. The molecule has 186 valence electrons. The molecule has 1 N–H and O–H groups in total. The molecule has 5 rings (SSSR count). The Balaban J connectivity index is 1.48. The maximum Gasteiger partial charge on any atom is 0.253 e. The van der Waals surface area contributed by atoms with Gasteiger partial charge in [-0.2, -0.15) is 0 Å². The molecular formula is C30H39N3O2. The largest absolute Gasteiger partial charge is 0.508 e. The van der Waals surface area contributed by atoms with E-state index in [1.807, 2.05) is 35.2 Å². The minimum absolute atomic E-state index is 0.0558. The highest BCUT2D eigenvalue weighted by atomic mass is 16.3. The first-order valence-corrected chi connectivity index (χ1v) is 13.4. The standard InChI is InChI=1S/C30H39N3O2/c1-2-17-31-20-16-26-9-7-10-27(22-31)33(26)29(25-8-6-11-28(34)21-25)23-12-14-24(15-13-23)30(35)32-18-4-3-5-19-32/h2,6,8,11-15,21,26-27,29,34H,1,3-5,7,9-10,16-20,22H2. The minimum Gasteiger partial charge on any atom is -0.508 e. The van der Waals surface area contributed by atoms with Crippen molar-refractivity contribution >= 4 is 5.91 Å². The van der Waals surface area contributed by atoms with Crippen molar-refractivity contribution in [3.8, 4) is 5.75 Å². The van der Waals surface area contributed by atoms with Crippen LogP contribution in [0.25, 0.3) is 0 Å². The van der Waals surface area contributed by atoms with Gasteiger partial charge in [0.15, 0.2) is 0 Å². The second-order valence-electron chi connectivity index (χ2n) is 10.5. The molecular weight excluding hydrogens is 434 g/mol. The normalized spacial score (nSPS) is 24.5. The molecule has 3 fully saturated rings. The van der Waals surface area contributed by atoms with Crippen LogP contribution in [0.15, 0.2) is 61.2 Å². The molecule has 5 nitrogen and oxygen atoms in total. The number of carbonyl (C=O) groups is 1. The molecule has 3 heterocycles. The Bertz CT molecular complexity index is 1010. The first-order valence-electron chi connectivity index (χ1n) is 13.4. The van der Waals surface area contributed by atoms with Crippen LogP contribution >= 0.6 is 0 Å². The van der Waals surface area contributed by atoms with Gasteiger partial charge in [-0.15, -0.1) is 6.58 Å².